The SMILES string of the molecule is CNN.Cl.Cl. The third kappa shape index (κ3) is 113. The molecule has 0 fully saturated rings. The van der Waals surface area contributed by atoms with Crippen LogP contribution in [0.5, 0.6) is 0 Å². The van der Waals surface area contributed by atoms with Crippen LogP contribution < -0.4 is 11.3 Å². The van der Waals surface area contributed by atoms with Gasteiger partial charge in [0.25, 0.3) is 0 Å². The highest BCUT2D eigenvalue weighted by Gasteiger charge is 1.22. The molecular weight excluding hydrogens is 111 g/mol. The lowest BCUT2D eigenvalue weighted by Gasteiger charge is -1.62. The summed E-state index contributed by atoms with van der Waals surface area (Å²) in [5, 5.41) is 0. The Labute approximate surface area is 43.9 Å². The largest absolute Gasteiger partial charge is 0.272 e. The molecule has 0 saturated carbocycles. The first-order valence-electron chi connectivity index (χ1n) is 0.789. The van der Waals surface area contributed by atoms with E-state index in [0.717, 1.165) is 0 Å². The highest BCUT2D eigenvalue weighted by atomic mass is 35.5. The Balaban J connectivity index is -0.0000000200. The molecule has 0 aliphatic rings. The maximum Gasteiger partial charge on any atom is -0.00172 e. The van der Waals surface area contributed by atoms with Gasteiger partial charge in [-0.1, -0.05) is 0 Å². The van der Waals surface area contributed by atoms with Crippen molar-refractivity contribution in [1.29, 1.82) is 0 Å². The zero-order valence-electron chi connectivity index (χ0n) is 2.89. The lowest BCUT2D eigenvalue weighted by Crippen LogP contribution is -2.13. The average molecular weight is 119 g/mol. The normalized spacial score (nSPS) is 3.60. The molecule has 36 valence electrons. The molecule has 0 aliphatic heterocycles. The first-order valence-corrected chi connectivity index (χ1v) is 0.789. The summed E-state index contributed by atoms with van der Waals surface area (Å²) in [7, 11) is 1.65. The maximum absolute atomic E-state index is 4.60. The summed E-state index contributed by atoms with van der Waals surface area (Å²) in [6, 6.07) is 0. The van der Waals surface area contributed by atoms with Crippen molar-refractivity contribution in [2.75, 3.05) is 7.05 Å². The van der Waals surface area contributed by atoms with Gasteiger partial charge in [0.05, 0.1) is 0 Å². The molecule has 0 radical (unpaired) electrons. The van der Waals surface area contributed by atoms with E-state index in [1.54, 1.807) is 7.05 Å². The minimum Gasteiger partial charge on any atom is -0.272 e. The minimum atomic E-state index is 0. The van der Waals surface area contributed by atoms with Crippen LogP contribution in [-0.2, 0) is 0 Å². The van der Waals surface area contributed by atoms with Crippen LogP contribution in [0.2, 0.25) is 0 Å². The van der Waals surface area contributed by atoms with Gasteiger partial charge in [0.15, 0.2) is 0 Å². The molecule has 0 aromatic rings. The molecule has 0 atom stereocenters. The van der Waals surface area contributed by atoms with E-state index >= 15 is 0 Å². The van der Waals surface area contributed by atoms with Crippen molar-refractivity contribution in [2.45, 2.75) is 0 Å². The van der Waals surface area contributed by atoms with Crippen molar-refractivity contribution in [3.05, 3.63) is 0 Å². The summed E-state index contributed by atoms with van der Waals surface area (Å²) in [6.45, 7) is 0. The molecule has 0 aromatic heterocycles. The molecule has 5 heavy (non-hydrogen) atoms. The molecule has 0 rings (SSSR count). The Kier molecular flexibility index (Phi) is 87.3. The van der Waals surface area contributed by atoms with Gasteiger partial charge in [-0.3, -0.25) is 11.3 Å². The van der Waals surface area contributed by atoms with E-state index in [2.05, 4.69) is 11.3 Å². The van der Waals surface area contributed by atoms with Crippen molar-refractivity contribution in [3.63, 3.8) is 0 Å². The van der Waals surface area contributed by atoms with Gasteiger partial charge in [0.1, 0.15) is 0 Å². The van der Waals surface area contributed by atoms with Crippen LogP contribution in [-0.4, -0.2) is 7.05 Å². The molecule has 0 spiro atoms. The summed E-state index contributed by atoms with van der Waals surface area (Å²) in [5.41, 5.74) is 2.25. The van der Waals surface area contributed by atoms with Crippen LogP contribution in [0.1, 0.15) is 0 Å². The van der Waals surface area contributed by atoms with E-state index in [0.29, 0.717) is 0 Å². The van der Waals surface area contributed by atoms with E-state index in [1.165, 1.54) is 0 Å². The predicted molar refractivity (Wildman–Crippen MR) is 27.7 cm³/mol. The first-order chi connectivity index (χ1) is 1.41. The molecule has 3 N–H and O–H groups in total. The Hall–Kier alpha value is 0.500. The summed E-state index contributed by atoms with van der Waals surface area (Å²) in [6.07, 6.45) is 0. The topological polar surface area (TPSA) is 38.0 Å². The summed E-state index contributed by atoms with van der Waals surface area (Å²) >= 11 is 0. The van der Waals surface area contributed by atoms with Crippen LogP contribution in [0.3, 0.4) is 0 Å². The van der Waals surface area contributed by atoms with Gasteiger partial charge in [-0.2, -0.15) is 0 Å². The van der Waals surface area contributed by atoms with Crippen LogP contribution in [0.4, 0.5) is 0 Å². The molecule has 0 heterocycles. The molecule has 0 aliphatic carbocycles. The number of nitrogens with two attached hydrogens (primary N) is 1. The molecule has 0 bridgehead atoms. The molecule has 0 aromatic carbocycles. The zero-order chi connectivity index (χ0) is 2.71. The molecule has 0 saturated heterocycles. The zero-order valence-corrected chi connectivity index (χ0v) is 4.53. The van der Waals surface area contributed by atoms with Gasteiger partial charge < -0.3 is 0 Å². The smallest absolute Gasteiger partial charge is 0.00172 e. The van der Waals surface area contributed by atoms with Crippen molar-refractivity contribution in [1.82, 2.24) is 5.43 Å². The van der Waals surface area contributed by atoms with Crippen LogP contribution in [0.25, 0.3) is 0 Å². The Bertz CT molecular complexity index is 7.61. The van der Waals surface area contributed by atoms with Crippen LogP contribution in [0.15, 0.2) is 0 Å². The molecular formula is CH8Cl2N2. The van der Waals surface area contributed by atoms with E-state index in [4.69, 9.17) is 0 Å². The molecule has 0 unspecified atom stereocenters. The second kappa shape index (κ2) is 24.5. The number of hydrogen-bond acceptors (Lipinski definition) is 2. The minimum absolute atomic E-state index is 0. The lowest BCUT2D eigenvalue weighted by atomic mass is 11.5. The first kappa shape index (κ1) is 17.8. The van der Waals surface area contributed by atoms with Gasteiger partial charge in [-0.25, -0.2) is 0 Å². The number of hydrogen-bond donors (Lipinski definition) is 2. The van der Waals surface area contributed by atoms with Crippen LogP contribution in [0, 0.1) is 0 Å². The quantitative estimate of drug-likeness (QED) is 0.345. The second-order valence-corrected chi connectivity index (χ2v) is 0.289. The highest BCUT2D eigenvalue weighted by Crippen LogP contribution is 0.817. The molecule has 4 heteroatoms. The van der Waals surface area contributed by atoms with Crippen molar-refractivity contribution >= 4 is 24.8 Å². The van der Waals surface area contributed by atoms with E-state index in [9.17, 15) is 0 Å². The van der Waals surface area contributed by atoms with E-state index < -0.39 is 0 Å². The Morgan fingerprint density at radius 3 is 1.40 bits per heavy atom. The third-order valence-electron chi connectivity index (χ3n) is 0. The third-order valence-corrected chi connectivity index (χ3v) is 0. The molecule has 2 nitrogen and oxygen atoms in total. The number of halogens is 2. The van der Waals surface area contributed by atoms with Crippen LogP contribution >= 0.6 is 24.8 Å². The van der Waals surface area contributed by atoms with Gasteiger partial charge in [0.2, 0.25) is 0 Å². The van der Waals surface area contributed by atoms with Gasteiger partial charge in [-0.05, 0) is 7.05 Å². The van der Waals surface area contributed by atoms with Gasteiger partial charge in [-0.15, -0.1) is 24.8 Å². The number of rotatable bonds is 0. The van der Waals surface area contributed by atoms with Crippen molar-refractivity contribution in [2.24, 2.45) is 5.84 Å². The fraction of sp³-hybridized carbons (Fsp3) is 1.00. The highest BCUT2D eigenvalue weighted by molar-refractivity contribution is 5.85. The van der Waals surface area contributed by atoms with E-state index in [-0.39, 0.29) is 24.8 Å². The summed E-state index contributed by atoms with van der Waals surface area (Å²) in [4.78, 5) is 0. The van der Waals surface area contributed by atoms with Gasteiger partial charge >= 0.3 is 0 Å². The number of hydrazine groups is 1. The number of nitrogens with one attached hydrogen (secondary N) is 1. The van der Waals surface area contributed by atoms with Crippen molar-refractivity contribution in [3.8, 4) is 0 Å². The van der Waals surface area contributed by atoms with E-state index in [1.807, 2.05) is 0 Å². The fourth-order valence-corrected chi connectivity index (χ4v) is 0. The standard InChI is InChI=1S/CH6N2.2ClH/c1-3-2;;/h3H,2H2,1H3;2*1H. The van der Waals surface area contributed by atoms with Gasteiger partial charge in [0, 0.05) is 0 Å². The summed E-state index contributed by atoms with van der Waals surface area (Å²) in [5.74, 6) is 4.60. The lowest BCUT2D eigenvalue weighted by molar-refractivity contribution is 0.900. The van der Waals surface area contributed by atoms with Crippen molar-refractivity contribution < 1.29 is 0 Å². The maximum atomic E-state index is 4.60. The Morgan fingerprint density at radius 2 is 1.40 bits per heavy atom. The summed E-state index contributed by atoms with van der Waals surface area (Å²) < 4.78 is 0. The predicted octanol–water partition coefficient (Wildman–Crippen LogP) is -0.0769. The Morgan fingerprint density at radius 1 is 1.40 bits per heavy atom. The average Bonchev–Trinajstić information content (AvgIpc) is 0.918. The fourth-order valence-electron chi connectivity index (χ4n) is 0. The second-order valence-electron chi connectivity index (χ2n) is 0.289. The molecule has 0 amide bonds. The monoisotopic (exact) mass is 118 g/mol.